The second kappa shape index (κ2) is 9.05. The number of hydrogen-bond donors (Lipinski definition) is 3. The number of nitrogens with zero attached hydrogens (tertiary/aromatic N) is 4. The van der Waals surface area contributed by atoms with Crippen LogP contribution >= 0.6 is 11.3 Å². The average Bonchev–Trinajstić information content (AvgIpc) is 3.28. The molecule has 3 N–H and O–H groups in total. The quantitative estimate of drug-likeness (QED) is 0.212. The molecule has 1 saturated carbocycles. The minimum absolute atomic E-state index is 0.560. The van der Waals surface area contributed by atoms with E-state index in [9.17, 15) is 0 Å². The minimum Gasteiger partial charge on any atom is -0.359 e. The molecule has 1 aliphatic carbocycles. The third-order valence-electron chi connectivity index (χ3n) is 6.30. The van der Waals surface area contributed by atoms with Gasteiger partial charge in [0.2, 0.25) is 0 Å². The van der Waals surface area contributed by atoms with E-state index >= 15 is 0 Å². The Morgan fingerprint density at radius 2 is 1.97 bits per heavy atom. The molecule has 0 spiro atoms. The van der Waals surface area contributed by atoms with Gasteiger partial charge in [-0.1, -0.05) is 25.3 Å². The molecule has 0 amide bonds. The fourth-order valence-corrected chi connectivity index (χ4v) is 4.93. The largest absolute Gasteiger partial charge is 0.359 e. The Bertz CT molecular complexity index is 1660. The van der Waals surface area contributed by atoms with Gasteiger partial charge in [0.15, 0.2) is 11.5 Å². The van der Waals surface area contributed by atoms with Crippen LogP contribution in [0.15, 0.2) is 84.7 Å². The summed E-state index contributed by atoms with van der Waals surface area (Å²) in [5, 5.41) is 13.1. The van der Waals surface area contributed by atoms with E-state index in [1.54, 1.807) is 17.5 Å². The summed E-state index contributed by atoms with van der Waals surface area (Å²) in [6.45, 7) is 10.1. The second-order valence-corrected chi connectivity index (χ2v) is 9.70. The van der Waals surface area contributed by atoms with Crippen LogP contribution in [0.5, 0.6) is 0 Å². The summed E-state index contributed by atoms with van der Waals surface area (Å²) < 4.78 is 0. The number of thiophene rings is 1. The summed E-state index contributed by atoms with van der Waals surface area (Å²) in [6.07, 6.45) is 10.1. The fraction of sp³-hybridized carbons (Fsp3) is 0.143. The fourth-order valence-electron chi connectivity index (χ4n) is 4.20. The molecule has 0 radical (unpaired) electrons. The summed E-state index contributed by atoms with van der Waals surface area (Å²) in [5.41, 5.74) is 8.60. The number of aromatic amines is 2. The Morgan fingerprint density at radius 3 is 2.72 bits per heavy atom. The van der Waals surface area contributed by atoms with Crippen molar-refractivity contribution in [2.45, 2.75) is 19.8 Å². The molecule has 1 fully saturated rings. The van der Waals surface area contributed by atoms with Crippen molar-refractivity contribution in [1.82, 2.24) is 35.5 Å². The van der Waals surface area contributed by atoms with Crippen molar-refractivity contribution in [3.63, 3.8) is 0 Å². The number of nitrogens with one attached hydrogen (secondary N) is 3. The summed E-state index contributed by atoms with van der Waals surface area (Å²) in [4.78, 5) is 18.9. The predicted octanol–water partition coefficient (Wildman–Crippen LogP) is 6.61. The summed E-state index contributed by atoms with van der Waals surface area (Å²) in [7, 11) is 0. The Hall–Kier alpha value is -4.30. The van der Waals surface area contributed by atoms with Crippen molar-refractivity contribution in [3.05, 3.63) is 90.4 Å². The number of pyridine rings is 2. The van der Waals surface area contributed by atoms with Gasteiger partial charge in [0, 0.05) is 17.6 Å². The van der Waals surface area contributed by atoms with Crippen LogP contribution < -0.4 is 5.32 Å². The Balaban J connectivity index is 1.39. The lowest BCUT2D eigenvalue weighted by Crippen LogP contribution is -2.11. The molecule has 0 unspecified atom stereocenters. The number of aromatic nitrogens is 6. The SMILES string of the molecule is C=C/C(=C\C(=C/C)c1ccc2[nH]nc(-c3nc4c(-c5cccs5)nccc4[nH]3)c2n1)NC(=C)C1CC1. The zero-order valence-corrected chi connectivity index (χ0v) is 20.7. The molecule has 0 atom stereocenters. The van der Waals surface area contributed by atoms with E-state index in [0.29, 0.717) is 17.4 Å². The van der Waals surface area contributed by atoms with Crippen molar-refractivity contribution in [2.24, 2.45) is 5.92 Å². The lowest BCUT2D eigenvalue weighted by molar-refractivity contribution is 0.865. The first kappa shape index (κ1) is 22.2. The molecule has 6 rings (SSSR count). The van der Waals surface area contributed by atoms with Gasteiger partial charge < -0.3 is 10.3 Å². The lowest BCUT2D eigenvalue weighted by Gasteiger charge is -2.11. The first-order valence-electron chi connectivity index (χ1n) is 11.9. The highest BCUT2D eigenvalue weighted by atomic mass is 32.1. The zero-order valence-electron chi connectivity index (χ0n) is 19.9. The van der Waals surface area contributed by atoms with Gasteiger partial charge in [0.05, 0.1) is 21.6 Å². The van der Waals surface area contributed by atoms with Crippen molar-refractivity contribution in [2.75, 3.05) is 0 Å². The van der Waals surface area contributed by atoms with Gasteiger partial charge >= 0.3 is 0 Å². The van der Waals surface area contributed by atoms with E-state index in [1.807, 2.05) is 48.7 Å². The van der Waals surface area contributed by atoms with Crippen LogP contribution in [-0.2, 0) is 0 Å². The van der Waals surface area contributed by atoms with E-state index in [1.165, 1.54) is 12.8 Å². The highest BCUT2D eigenvalue weighted by Gasteiger charge is 2.24. The standard InChI is InChI=1S/C28H25N7S/c1-4-17(15-19(5-2)30-16(3)18-8-9-18)20-10-11-22-25(31-20)27(35-34-22)28-32-21-12-13-29-26(24(21)33-28)23-7-6-14-36-23/h4-7,10-15,18,30H,2-3,8-9H2,1H3,(H,32,33)(H,34,35)/b17-4+,19-15+. The first-order valence-corrected chi connectivity index (χ1v) is 12.7. The van der Waals surface area contributed by atoms with Gasteiger partial charge in [0.1, 0.15) is 16.7 Å². The van der Waals surface area contributed by atoms with Gasteiger partial charge in [0.25, 0.3) is 0 Å². The molecule has 5 aromatic heterocycles. The van der Waals surface area contributed by atoms with Crippen LogP contribution in [0.25, 0.3) is 49.7 Å². The van der Waals surface area contributed by atoms with Crippen LogP contribution in [0.4, 0.5) is 0 Å². The number of hydrogen-bond acceptors (Lipinski definition) is 6. The third-order valence-corrected chi connectivity index (χ3v) is 7.18. The maximum absolute atomic E-state index is 4.97. The van der Waals surface area contributed by atoms with E-state index in [-0.39, 0.29) is 0 Å². The van der Waals surface area contributed by atoms with Gasteiger partial charge in [-0.05, 0) is 73.1 Å². The maximum atomic E-state index is 4.97. The Labute approximate surface area is 212 Å². The van der Waals surface area contributed by atoms with Crippen LogP contribution in [0.1, 0.15) is 25.5 Å². The number of H-pyrrole nitrogens is 2. The predicted molar refractivity (Wildman–Crippen MR) is 147 cm³/mol. The van der Waals surface area contributed by atoms with Crippen molar-refractivity contribution >= 4 is 39.0 Å². The number of fused-ring (bicyclic) bond motifs is 2. The van der Waals surface area contributed by atoms with E-state index in [2.05, 4.69) is 50.8 Å². The molecule has 36 heavy (non-hydrogen) atoms. The smallest absolute Gasteiger partial charge is 0.161 e. The molecule has 8 heteroatoms. The van der Waals surface area contributed by atoms with Gasteiger partial charge in [-0.25, -0.2) is 9.97 Å². The molecular formula is C28H25N7S. The van der Waals surface area contributed by atoms with Crippen LogP contribution in [0.3, 0.4) is 0 Å². The number of rotatable bonds is 8. The van der Waals surface area contributed by atoms with Crippen molar-refractivity contribution < 1.29 is 0 Å². The zero-order chi connectivity index (χ0) is 24.6. The molecule has 178 valence electrons. The molecule has 1 aliphatic rings. The Morgan fingerprint density at radius 1 is 1.11 bits per heavy atom. The normalized spacial score (nSPS) is 14.5. The molecule has 0 bridgehead atoms. The first-order chi connectivity index (χ1) is 17.6. The van der Waals surface area contributed by atoms with Gasteiger partial charge in [-0.2, -0.15) is 5.10 Å². The van der Waals surface area contributed by atoms with Crippen LogP contribution in [-0.4, -0.2) is 30.1 Å². The average molecular weight is 492 g/mol. The van der Waals surface area contributed by atoms with E-state index in [0.717, 1.165) is 55.3 Å². The molecule has 5 aromatic rings. The highest BCUT2D eigenvalue weighted by molar-refractivity contribution is 7.13. The van der Waals surface area contributed by atoms with Crippen LogP contribution in [0.2, 0.25) is 0 Å². The Kier molecular flexibility index (Phi) is 5.58. The summed E-state index contributed by atoms with van der Waals surface area (Å²) >= 11 is 1.64. The second-order valence-electron chi connectivity index (χ2n) is 8.76. The van der Waals surface area contributed by atoms with Crippen molar-refractivity contribution in [1.29, 1.82) is 0 Å². The van der Waals surface area contributed by atoms with Gasteiger partial charge in [-0.15, -0.1) is 11.3 Å². The molecular weight excluding hydrogens is 466 g/mol. The third kappa shape index (κ3) is 4.05. The van der Waals surface area contributed by atoms with Gasteiger partial charge in [-0.3, -0.25) is 10.1 Å². The monoisotopic (exact) mass is 491 g/mol. The summed E-state index contributed by atoms with van der Waals surface area (Å²) in [5.74, 6) is 1.21. The molecule has 0 saturated heterocycles. The molecule has 0 aliphatic heterocycles. The van der Waals surface area contributed by atoms with Crippen molar-refractivity contribution in [3.8, 4) is 22.1 Å². The minimum atomic E-state index is 0.560. The van der Waals surface area contributed by atoms with Crippen LogP contribution in [0, 0.1) is 5.92 Å². The lowest BCUT2D eigenvalue weighted by atomic mass is 10.1. The van der Waals surface area contributed by atoms with E-state index < -0.39 is 0 Å². The maximum Gasteiger partial charge on any atom is 0.161 e. The highest BCUT2D eigenvalue weighted by Crippen LogP contribution is 2.35. The number of allylic oxidation sites excluding steroid dienone is 5. The topological polar surface area (TPSA) is 95.2 Å². The molecule has 5 heterocycles. The molecule has 7 nitrogen and oxygen atoms in total. The number of imidazole rings is 1. The summed E-state index contributed by atoms with van der Waals surface area (Å²) in [6, 6.07) is 9.99. The molecule has 0 aromatic carbocycles. The van der Waals surface area contributed by atoms with E-state index in [4.69, 9.17) is 9.97 Å².